The molecule has 0 aliphatic rings. The Bertz CT molecular complexity index is 316. The number of nitrogens with zero attached hydrogens (tertiary/aromatic N) is 2. The molecule has 0 radical (unpaired) electrons. The van der Waals surface area contributed by atoms with Crippen molar-refractivity contribution in [2.24, 2.45) is 10.9 Å². The highest BCUT2D eigenvalue weighted by Crippen LogP contribution is 2.14. The second kappa shape index (κ2) is 4.50. The Kier molecular flexibility index (Phi) is 3.31. The van der Waals surface area contributed by atoms with Crippen molar-refractivity contribution in [1.29, 1.82) is 5.41 Å². The second-order valence-electron chi connectivity index (χ2n) is 3.10. The van der Waals surface area contributed by atoms with Crippen LogP contribution in [0.25, 0.3) is 0 Å². The van der Waals surface area contributed by atoms with Crippen LogP contribution in [0.15, 0.2) is 23.5 Å². The molecule has 1 aromatic heterocycles. The van der Waals surface area contributed by atoms with Crippen LogP contribution in [0.2, 0.25) is 0 Å². The number of nitrogens with one attached hydrogen (secondary N) is 1. The van der Waals surface area contributed by atoms with Crippen molar-refractivity contribution in [2.75, 3.05) is 0 Å². The van der Waals surface area contributed by atoms with Crippen molar-refractivity contribution in [3.05, 3.63) is 24.0 Å². The Morgan fingerprint density at radius 3 is 2.92 bits per heavy atom. The third kappa shape index (κ3) is 2.78. The van der Waals surface area contributed by atoms with Crippen LogP contribution in [-0.2, 0) is 0 Å². The van der Waals surface area contributed by atoms with Gasteiger partial charge in [-0.15, -0.1) is 0 Å². The van der Waals surface area contributed by atoms with E-state index in [0.717, 1.165) is 11.3 Å². The van der Waals surface area contributed by atoms with E-state index in [4.69, 9.17) is 5.41 Å². The predicted octanol–water partition coefficient (Wildman–Crippen LogP) is 2.44. The zero-order chi connectivity index (χ0) is 9.68. The molecule has 13 heavy (non-hydrogen) atoms. The summed E-state index contributed by atoms with van der Waals surface area (Å²) in [6, 6.07) is 1.78. The zero-order valence-electron chi connectivity index (χ0n) is 7.86. The minimum Gasteiger partial charge on any atom is -0.308 e. The van der Waals surface area contributed by atoms with Crippen LogP contribution < -0.4 is 0 Å². The van der Waals surface area contributed by atoms with Crippen molar-refractivity contribution >= 4 is 18.1 Å². The minimum absolute atomic E-state index is 0.416. The van der Waals surface area contributed by atoms with E-state index in [-0.39, 0.29) is 0 Å². The first kappa shape index (κ1) is 9.58. The summed E-state index contributed by atoms with van der Waals surface area (Å²) in [5.41, 5.74) is 1.55. The van der Waals surface area contributed by atoms with Crippen molar-refractivity contribution in [3.63, 3.8) is 0 Å². The Labute approximate surface area is 78.1 Å². The fourth-order valence-corrected chi connectivity index (χ4v) is 0.856. The summed E-state index contributed by atoms with van der Waals surface area (Å²) >= 11 is 0. The average Bonchev–Trinajstić information content (AvgIpc) is 2.15. The first-order chi connectivity index (χ1) is 6.24. The Morgan fingerprint density at radius 2 is 2.31 bits per heavy atom. The Balaban J connectivity index is 2.93. The molecule has 0 aliphatic carbocycles. The number of hydrogen-bond acceptors (Lipinski definition) is 3. The summed E-state index contributed by atoms with van der Waals surface area (Å²) in [6.45, 7) is 4.12. The van der Waals surface area contributed by atoms with Crippen LogP contribution in [0.1, 0.15) is 19.4 Å². The monoisotopic (exact) mass is 175 g/mol. The van der Waals surface area contributed by atoms with Gasteiger partial charge in [0.2, 0.25) is 0 Å². The summed E-state index contributed by atoms with van der Waals surface area (Å²) in [6.07, 6.45) is 6.46. The molecule has 0 atom stereocenters. The molecule has 0 saturated carbocycles. The van der Waals surface area contributed by atoms with Gasteiger partial charge < -0.3 is 5.41 Å². The molecule has 3 nitrogen and oxygen atoms in total. The van der Waals surface area contributed by atoms with E-state index in [2.05, 4.69) is 23.8 Å². The molecule has 0 spiro atoms. The molecule has 0 amide bonds. The summed E-state index contributed by atoms with van der Waals surface area (Å²) in [4.78, 5) is 8.19. The standard InChI is InChI=1S/C10H13N3/c1-8(2)6-13-10-7-12-4-3-9(10)5-11/h3-8,11H,1-2H3. The molecule has 0 fully saturated rings. The van der Waals surface area contributed by atoms with Gasteiger partial charge in [0.25, 0.3) is 0 Å². The highest BCUT2D eigenvalue weighted by atomic mass is 14.8. The van der Waals surface area contributed by atoms with Crippen molar-refractivity contribution in [1.82, 2.24) is 4.98 Å². The van der Waals surface area contributed by atoms with Gasteiger partial charge >= 0.3 is 0 Å². The van der Waals surface area contributed by atoms with Crippen LogP contribution in [0.4, 0.5) is 5.69 Å². The van der Waals surface area contributed by atoms with Crippen LogP contribution in [-0.4, -0.2) is 17.4 Å². The zero-order valence-corrected chi connectivity index (χ0v) is 7.86. The van der Waals surface area contributed by atoms with Crippen molar-refractivity contribution in [2.45, 2.75) is 13.8 Å². The molecule has 0 unspecified atom stereocenters. The van der Waals surface area contributed by atoms with Crippen LogP contribution in [0.5, 0.6) is 0 Å². The highest BCUT2D eigenvalue weighted by molar-refractivity contribution is 5.85. The highest BCUT2D eigenvalue weighted by Gasteiger charge is 1.95. The smallest absolute Gasteiger partial charge is 0.0896 e. The number of pyridine rings is 1. The van der Waals surface area contributed by atoms with E-state index < -0.39 is 0 Å². The molecule has 1 aromatic rings. The SMILES string of the molecule is CC(C)C=Nc1cnccc1C=N. The molecule has 1 N–H and O–H groups in total. The third-order valence-corrected chi connectivity index (χ3v) is 1.50. The molecule has 0 aromatic carbocycles. The lowest BCUT2D eigenvalue weighted by atomic mass is 10.2. The fourth-order valence-electron chi connectivity index (χ4n) is 0.856. The summed E-state index contributed by atoms with van der Waals surface area (Å²) in [5, 5.41) is 7.14. The molecule has 0 saturated heterocycles. The summed E-state index contributed by atoms with van der Waals surface area (Å²) in [5.74, 6) is 0.416. The minimum atomic E-state index is 0.416. The third-order valence-electron chi connectivity index (χ3n) is 1.50. The number of aromatic nitrogens is 1. The largest absolute Gasteiger partial charge is 0.308 e. The van der Waals surface area contributed by atoms with Gasteiger partial charge in [0, 0.05) is 24.2 Å². The van der Waals surface area contributed by atoms with Crippen molar-refractivity contribution < 1.29 is 0 Å². The number of hydrogen-bond donors (Lipinski definition) is 1. The predicted molar refractivity (Wildman–Crippen MR) is 55.1 cm³/mol. The lowest BCUT2D eigenvalue weighted by molar-refractivity contribution is 0.907. The molecule has 0 aliphatic heterocycles. The Morgan fingerprint density at radius 1 is 1.54 bits per heavy atom. The first-order valence-electron chi connectivity index (χ1n) is 4.22. The quantitative estimate of drug-likeness (QED) is 0.705. The van der Waals surface area contributed by atoms with Crippen molar-refractivity contribution in [3.8, 4) is 0 Å². The summed E-state index contributed by atoms with van der Waals surface area (Å²) < 4.78 is 0. The van der Waals surface area contributed by atoms with E-state index in [1.807, 2.05) is 6.21 Å². The van der Waals surface area contributed by atoms with Crippen LogP contribution >= 0.6 is 0 Å². The molecule has 0 bridgehead atoms. The van der Waals surface area contributed by atoms with Crippen LogP contribution in [0, 0.1) is 11.3 Å². The van der Waals surface area contributed by atoms with E-state index >= 15 is 0 Å². The van der Waals surface area contributed by atoms with Gasteiger partial charge in [0.05, 0.1) is 11.9 Å². The van der Waals surface area contributed by atoms with Gasteiger partial charge in [-0.1, -0.05) is 13.8 Å². The molecule has 1 heterocycles. The molecule has 3 heteroatoms. The maximum Gasteiger partial charge on any atom is 0.0896 e. The average molecular weight is 175 g/mol. The van der Waals surface area contributed by atoms with E-state index in [9.17, 15) is 0 Å². The van der Waals surface area contributed by atoms with Gasteiger partial charge in [-0.2, -0.15) is 0 Å². The maximum absolute atomic E-state index is 7.14. The van der Waals surface area contributed by atoms with Gasteiger partial charge in [-0.3, -0.25) is 9.98 Å². The van der Waals surface area contributed by atoms with E-state index in [1.54, 1.807) is 18.5 Å². The first-order valence-corrected chi connectivity index (χ1v) is 4.22. The topological polar surface area (TPSA) is 49.1 Å². The maximum atomic E-state index is 7.14. The molecule has 1 rings (SSSR count). The van der Waals surface area contributed by atoms with E-state index in [1.165, 1.54) is 6.21 Å². The molecular weight excluding hydrogens is 162 g/mol. The van der Waals surface area contributed by atoms with Gasteiger partial charge in [0.1, 0.15) is 0 Å². The number of rotatable bonds is 3. The fraction of sp³-hybridized carbons (Fsp3) is 0.300. The lowest BCUT2D eigenvalue weighted by Gasteiger charge is -1.98. The van der Waals surface area contributed by atoms with Crippen LogP contribution in [0.3, 0.4) is 0 Å². The van der Waals surface area contributed by atoms with E-state index in [0.29, 0.717) is 5.92 Å². The molecular formula is C10H13N3. The second-order valence-corrected chi connectivity index (χ2v) is 3.10. The molecule has 68 valence electrons. The Hall–Kier alpha value is -1.51. The normalized spacial score (nSPS) is 11.0. The van der Waals surface area contributed by atoms with Gasteiger partial charge in [0.15, 0.2) is 0 Å². The van der Waals surface area contributed by atoms with Gasteiger partial charge in [-0.25, -0.2) is 0 Å². The van der Waals surface area contributed by atoms with Gasteiger partial charge in [-0.05, 0) is 12.0 Å². The summed E-state index contributed by atoms with van der Waals surface area (Å²) in [7, 11) is 0. The number of aliphatic imine (C=N–C) groups is 1. The lowest BCUT2D eigenvalue weighted by Crippen LogP contribution is -1.88.